The summed E-state index contributed by atoms with van der Waals surface area (Å²) in [6, 6.07) is 12.7. The molecule has 1 heterocycles. The van der Waals surface area contributed by atoms with E-state index in [1.807, 2.05) is 18.2 Å². The van der Waals surface area contributed by atoms with Gasteiger partial charge in [0.1, 0.15) is 11.5 Å². The number of fused-ring (bicyclic) bond motifs is 1. The molecule has 0 bridgehead atoms. The lowest BCUT2D eigenvalue weighted by Crippen LogP contribution is -2.45. The summed E-state index contributed by atoms with van der Waals surface area (Å²) in [6.07, 6.45) is -0.453. The second-order valence-electron chi connectivity index (χ2n) is 5.51. The quantitative estimate of drug-likeness (QED) is 0.903. The molecule has 2 aromatic rings. The number of aliphatic hydroxyl groups is 1. The standard InChI is InChI=1S/C18H18ClNO4/c1-23-14-5-6-16-15(10-14)20(18(22)17(24-16)7-8-21)11-12-3-2-4-13(19)9-12/h2-6,9-10,17,21H,7-8,11H2,1H3. The van der Waals surface area contributed by atoms with Crippen LogP contribution < -0.4 is 14.4 Å². The number of benzene rings is 2. The molecule has 0 aromatic heterocycles. The van der Waals surface area contributed by atoms with Crippen molar-refractivity contribution in [1.29, 1.82) is 0 Å². The predicted molar refractivity (Wildman–Crippen MR) is 91.8 cm³/mol. The third-order valence-corrected chi connectivity index (χ3v) is 4.12. The summed E-state index contributed by atoms with van der Waals surface area (Å²) in [4.78, 5) is 14.4. The van der Waals surface area contributed by atoms with Gasteiger partial charge in [-0.3, -0.25) is 4.79 Å². The average Bonchev–Trinajstić information content (AvgIpc) is 2.58. The van der Waals surface area contributed by atoms with E-state index in [2.05, 4.69) is 0 Å². The molecule has 1 aliphatic heterocycles. The Morgan fingerprint density at radius 1 is 1.29 bits per heavy atom. The molecule has 0 fully saturated rings. The van der Waals surface area contributed by atoms with E-state index in [9.17, 15) is 9.90 Å². The van der Waals surface area contributed by atoms with E-state index in [0.29, 0.717) is 28.8 Å². The maximum Gasteiger partial charge on any atom is 0.268 e. The number of nitrogens with zero attached hydrogens (tertiary/aromatic N) is 1. The molecule has 1 unspecified atom stereocenters. The first kappa shape index (κ1) is 16.6. The van der Waals surface area contributed by atoms with Crippen LogP contribution >= 0.6 is 11.6 Å². The van der Waals surface area contributed by atoms with E-state index in [-0.39, 0.29) is 18.9 Å². The molecule has 1 atom stereocenters. The third kappa shape index (κ3) is 3.32. The number of halogens is 1. The summed E-state index contributed by atoms with van der Waals surface area (Å²) in [5.74, 6) is 1.04. The largest absolute Gasteiger partial charge is 0.497 e. The van der Waals surface area contributed by atoms with Crippen molar-refractivity contribution in [3.05, 3.63) is 53.1 Å². The van der Waals surface area contributed by atoms with Crippen molar-refractivity contribution >= 4 is 23.2 Å². The van der Waals surface area contributed by atoms with Gasteiger partial charge < -0.3 is 19.5 Å². The summed E-state index contributed by atoms with van der Waals surface area (Å²) in [5, 5.41) is 9.81. The van der Waals surface area contributed by atoms with Gasteiger partial charge in [0.15, 0.2) is 6.10 Å². The van der Waals surface area contributed by atoms with E-state index < -0.39 is 6.10 Å². The highest BCUT2D eigenvalue weighted by Crippen LogP contribution is 2.38. The van der Waals surface area contributed by atoms with E-state index in [4.69, 9.17) is 21.1 Å². The van der Waals surface area contributed by atoms with Crippen LogP contribution in [0.3, 0.4) is 0 Å². The Labute approximate surface area is 145 Å². The summed E-state index contributed by atoms with van der Waals surface area (Å²) in [7, 11) is 1.57. The van der Waals surface area contributed by atoms with Gasteiger partial charge in [0, 0.05) is 24.1 Å². The first-order valence-corrected chi connectivity index (χ1v) is 8.01. The smallest absolute Gasteiger partial charge is 0.268 e. The minimum atomic E-state index is -0.699. The number of aliphatic hydroxyl groups excluding tert-OH is 1. The second kappa shape index (κ2) is 7.11. The molecule has 1 N–H and O–H groups in total. The van der Waals surface area contributed by atoms with Crippen molar-refractivity contribution in [1.82, 2.24) is 0 Å². The maximum atomic E-state index is 12.8. The monoisotopic (exact) mass is 347 g/mol. The molecule has 1 amide bonds. The maximum absolute atomic E-state index is 12.8. The fraction of sp³-hybridized carbons (Fsp3) is 0.278. The zero-order valence-corrected chi connectivity index (χ0v) is 14.0. The van der Waals surface area contributed by atoms with E-state index in [0.717, 1.165) is 5.56 Å². The molecule has 3 rings (SSSR count). The van der Waals surface area contributed by atoms with Crippen LogP contribution in [-0.4, -0.2) is 30.8 Å². The fourth-order valence-electron chi connectivity index (χ4n) is 2.71. The summed E-state index contributed by atoms with van der Waals surface area (Å²) in [6.45, 7) is 0.248. The van der Waals surface area contributed by atoms with Crippen LogP contribution in [-0.2, 0) is 11.3 Å². The Morgan fingerprint density at radius 2 is 2.12 bits per heavy atom. The van der Waals surface area contributed by atoms with Crippen molar-refractivity contribution < 1.29 is 19.4 Å². The van der Waals surface area contributed by atoms with Gasteiger partial charge in [0.25, 0.3) is 5.91 Å². The van der Waals surface area contributed by atoms with Crippen LogP contribution in [0.1, 0.15) is 12.0 Å². The van der Waals surface area contributed by atoms with Crippen molar-refractivity contribution in [3.8, 4) is 11.5 Å². The molecule has 126 valence electrons. The molecule has 2 aromatic carbocycles. The molecule has 0 saturated carbocycles. The molecule has 24 heavy (non-hydrogen) atoms. The van der Waals surface area contributed by atoms with Gasteiger partial charge in [-0.25, -0.2) is 0 Å². The molecule has 0 spiro atoms. The second-order valence-corrected chi connectivity index (χ2v) is 5.94. The molecule has 0 saturated heterocycles. The molecule has 5 nitrogen and oxygen atoms in total. The summed E-state index contributed by atoms with van der Waals surface area (Å²) in [5.41, 5.74) is 1.56. The highest BCUT2D eigenvalue weighted by Gasteiger charge is 2.34. The van der Waals surface area contributed by atoms with Crippen LogP contribution in [0, 0.1) is 0 Å². The zero-order chi connectivity index (χ0) is 17.1. The van der Waals surface area contributed by atoms with Gasteiger partial charge in [-0.15, -0.1) is 0 Å². The molecular weight excluding hydrogens is 330 g/mol. The topological polar surface area (TPSA) is 59.0 Å². The molecule has 0 aliphatic carbocycles. The number of rotatable bonds is 5. The van der Waals surface area contributed by atoms with Gasteiger partial charge in [-0.05, 0) is 29.8 Å². The van der Waals surface area contributed by atoms with Crippen molar-refractivity contribution in [2.24, 2.45) is 0 Å². The highest BCUT2D eigenvalue weighted by molar-refractivity contribution is 6.30. The zero-order valence-electron chi connectivity index (χ0n) is 13.2. The van der Waals surface area contributed by atoms with Crippen LogP contribution in [0.25, 0.3) is 0 Å². The van der Waals surface area contributed by atoms with Crippen LogP contribution in [0.5, 0.6) is 11.5 Å². The average molecular weight is 348 g/mol. The number of hydrogen-bond acceptors (Lipinski definition) is 4. The molecule has 1 aliphatic rings. The Hall–Kier alpha value is -2.24. The van der Waals surface area contributed by atoms with Crippen LogP contribution in [0.15, 0.2) is 42.5 Å². The minimum Gasteiger partial charge on any atom is -0.497 e. The first-order chi connectivity index (χ1) is 11.6. The lowest BCUT2D eigenvalue weighted by atomic mass is 10.1. The van der Waals surface area contributed by atoms with Crippen LogP contribution in [0.4, 0.5) is 5.69 Å². The number of ether oxygens (including phenoxy) is 2. The molecular formula is C18H18ClNO4. The number of carbonyl (C=O) groups excluding carboxylic acids is 1. The van der Waals surface area contributed by atoms with E-state index in [1.54, 1.807) is 36.3 Å². The Morgan fingerprint density at radius 3 is 2.83 bits per heavy atom. The van der Waals surface area contributed by atoms with Gasteiger partial charge in [0.05, 0.1) is 19.3 Å². The highest BCUT2D eigenvalue weighted by atomic mass is 35.5. The van der Waals surface area contributed by atoms with Gasteiger partial charge in [-0.2, -0.15) is 0 Å². The molecule has 0 radical (unpaired) electrons. The lowest BCUT2D eigenvalue weighted by Gasteiger charge is -2.34. The SMILES string of the molecule is COc1ccc2c(c1)N(Cc1cccc(Cl)c1)C(=O)C(CCO)O2. The minimum absolute atomic E-state index is 0.118. The van der Waals surface area contributed by atoms with Crippen molar-refractivity contribution in [2.75, 3.05) is 18.6 Å². The first-order valence-electron chi connectivity index (χ1n) is 7.63. The number of amides is 1. The van der Waals surface area contributed by atoms with E-state index >= 15 is 0 Å². The third-order valence-electron chi connectivity index (χ3n) is 3.89. The van der Waals surface area contributed by atoms with Gasteiger partial charge >= 0.3 is 0 Å². The summed E-state index contributed by atoms with van der Waals surface area (Å²) < 4.78 is 11.0. The number of anilines is 1. The Kier molecular flexibility index (Phi) is 4.92. The predicted octanol–water partition coefficient (Wildman–Crippen LogP) is 3.03. The normalized spacial score (nSPS) is 16.5. The number of carbonyl (C=O) groups is 1. The van der Waals surface area contributed by atoms with Gasteiger partial charge in [-0.1, -0.05) is 23.7 Å². The van der Waals surface area contributed by atoms with E-state index in [1.165, 1.54) is 0 Å². The Bertz CT molecular complexity index is 750. The van der Waals surface area contributed by atoms with Crippen molar-refractivity contribution in [3.63, 3.8) is 0 Å². The lowest BCUT2D eigenvalue weighted by molar-refractivity contribution is -0.127. The number of hydrogen-bond donors (Lipinski definition) is 1. The van der Waals surface area contributed by atoms with Crippen molar-refractivity contribution in [2.45, 2.75) is 19.1 Å². The van der Waals surface area contributed by atoms with Gasteiger partial charge in [0.2, 0.25) is 0 Å². The molecule has 6 heteroatoms. The van der Waals surface area contributed by atoms with Crippen LogP contribution in [0.2, 0.25) is 5.02 Å². The summed E-state index contributed by atoms with van der Waals surface area (Å²) >= 11 is 6.04. The fourth-order valence-corrected chi connectivity index (χ4v) is 2.92. The number of methoxy groups -OCH3 is 1. The Balaban J connectivity index is 1.99.